The monoisotopic (exact) mass is 334 g/mol. The Labute approximate surface area is 144 Å². The molecule has 0 aliphatic rings. The van der Waals surface area contributed by atoms with Crippen molar-refractivity contribution in [1.82, 2.24) is 4.98 Å². The first kappa shape index (κ1) is 16.4. The Kier molecular flexibility index (Phi) is 4.61. The van der Waals surface area contributed by atoms with Crippen LogP contribution in [0.1, 0.15) is 15.9 Å². The molecule has 124 valence electrons. The van der Waals surface area contributed by atoms with Crippen molar-refractivity contribution in [2.75, 3.05) is 0 Å². The van der Waals surface area contributed by atoms with Crippen molar-refractivity contribution in [3.05, 3.63) is 88.4 Å². The van der Waals surface area contributed by atoms with Crippen LogP contribution >= 0.6 is 0 Å². The first-order chi connectivity index (χ1) is 12.0. The Bertz CT molecular complexity index is 919. The number of carbonyl (C=O) groups is 1. The minimum absolute atomic E-state index is 0.00791. The molecule has 6 heteroatoms. The molecule has 0 radical (unpaired) electrons. The molecule has 1 aromatic heterocycles. The Morgan fingerprint density at radius 3 is 2.48 bits per heavy atom. The van der Waals surface area contributed by atoms with Gasteiger partial charge in [-0.05, 0) is 18.0 Å². The van der Waals surface area contributed by atoms with Crippen molar-refractivity contribution in [3.8, 4) is 11.3 Å². The van der Waals surface area contributed by atoms with Crippen molar-refractivity contribution < 1.29 is 14.3 Å². The molecule has 0 aliphatic heterocycles. The van der Waals surface area contributed by atoms with E-state index in [0.717, 1.165) is 11.3 Å². The first-order valence-electron chi connectivity index (χ1n) is 7.73. The van der Waals surface area contributed by atoms with E-state index in [2.05, 4.69) is 4.98 Å². The van der Waals surface area contributed by atoms with Gasteiger partial charge >= 0.3 is 0 Å². The number of Topliss-reactive ketones (excluding diaryl/α,β-unsaturated/α-hetero) is 1. The predicted molar refractivity (Wildman–Crippen MR) is 92.0 cm³/mol. The third-order valence-electron chi connectivity index (χ3n) is 3.84. The molecule has 0 saturated heterocycles. The number of rotatable bonds is 5. The number of hydrogen-bond donors (Lipinski definition) is 0. The van der Waals surface area contributed by atoms with Gasteiger partial charge in [-0.1, -0.05) is 42.0 Å². The molecule has 0 atom stereocenters. The maximum Gasteiger partial charge on any atom is 0.287 e. The van der Waals surface area contributed by atoms with Crippen molar-refractivity contribution in [3.63, 3.8) is 0 Å². The number of nitrogens with zero attached hydrogens (tertiary/aromatic N) is 3. The lowest BCUT2D eigenvalue weighted by Crippen LogP contribution is -2.37. The van der Waals surface area contributed by atoms with Crippen molar-refractivity contribution in [2.24, 2.45) is 0 Å². The van der Waals surface area contributed by atoms with E-state index in [1.165, 1.54) is 17.7 Å². The molecule has 3 aromatic rings. The highest BCUT2D eigenvalue weighted by Crippen LogP contribution is 2.18. The van der Waals surface area contributed by atoms with Crippen LogP contribution < -0.4 is 4.57 Å². The fourth-order valence-electron chi connectivity index (χ4n) is 2.49. The van der Waals surface area contributed by atoms with Crippen LogP contribution in [-0.4, -0.2) is 15.7 Å². The summed E-state index contributed by atoms with van der Waals surface area (Å²) >= 11 is 0. The van der Waals surface area contributed by atoms with Crippen molar-refractivity contribution >= 4 is 11.5 Å². The summed E-state index contributed by atoms with van der Waals surface area (Å²) < 4.78 is 1.61. The van der Waals surface area contributed by atoms with Crippen LogP contribution in [0, 0.1) is 17.0 Å². The molecule has 3 rings (SSSR count). The Morgan fingerprint density at radius 2 is 1.84 bits per heavy atom. The van der Waals surface area contributed by atoms with E-state index in [-0.39, 0.29) is 23.6 Å². The van der Waals surface area contributed by atoms with E-state index in [1.54, 1.807) is 29.2 Å². The molecule has 0 aliphatic carbocycles. The normalized spacial score (nSPS) is 10.4. The standard InChI is InChI=1S/C19H16N3O3/c1-14-6-8-15(9-7-14)17-10-11-21(13-20-17)12-19(23)16-4-2-3-5-18(16)22(24)25/h2-11,13H,12H2,1H3/q+1. The van der Waals surface area contributed by atoms with Gasteiger partial charge in [-0.15, -0.1) is 0 Å². The molecule has 0 fully saturated rings. The Balaban J connectivity index is 1.79. The summed E-state index contributed by atoms with van der Waals surface area (Å²) in [6.07, 6.45) is 3.30. The quantitative estimate of drug-likeness (QED) is 0.311. The molecule has 0 spiro atoms. The predicted octanol–water partition coefficient (Wildman–Crippen LogP) is 3.14. The number of benzene rings is 2. The van der Waals surface area contributed by atoms with Gasteiger partial charge < -0.3 is 0 Å². The summed E-state index contributed by atoms with van der Waals surface area (Å²) in [5.74, 6) is -0.331. The van der Waals surface area contributed by atoms with Gasteiger partial charge in [-0.25, -0.2) is 4.57 Å². The molecule has 2 aromatic carbocycles. The second-order valence-corrected chi connectivity index (χ2v) is 5.68. The van der Waals surface area contributed by atoms with Gasteiger partial charge in [0.15, 0.2) is 12.2 Å². The minimum Gasteiger partial charge on any atom is -0.289 e. The van der Waals surface area contributed by atoms with Crippen molar-refractivity contribution in [2.45, 2.75) is 13.5 Å². The van der Waals surface area contributed by atoms with E-state index >= 15 is 0 Å². The lowest BCUT2D eigenvalue weighted by Gasteiger charge is -2.02. The molecular weight excluding hydrogens is 318 g/mol. The lowest BCUT2D eigenvalue weighted by molar-refractivity contribution is -0.686. The largest absolute Gasteiger partial charge is 0.289 e. The highest BCUT2D eigenvalue weighted by molar-refractivity contribution is 5.98. The summed E-state index contributed by atoms with van der Waals surface area (Å²) in [4.78, 5) is 27.2. The van der Waals surface area contributed by atoms with Gasteiger partial charge in [0.2, 0.25) is 5.78 Å². The highest BCUT2D eigenvalue weighted by atomic mass is 16.6. The molecule has 0 bridgehead atoms. The number of para-hydroxylation sites is 1. The van der Waals surface area contributed by atoms with Gasteiger partial charge in [0, 0.05) is 17.7 Å². The number of carbonyl (C=O) groups excluding carboxylic acids is 1. The third-order valence-corrected chi connectivity index (χ3v) is 3.84. The minimum atomic E-state index is -0.545. The van der Waals surface area contributed by atoms with Gasteiger partial charge in [-0.3, -0.25) is 14.9 Å². The molecule has 0 amide bonds. The van der Waals surface area contributed by atoms with Crippen LogP contribution in [-0.2, 0) is 6.54 Å². The highest BCUT2D eigenvalue weighted by Gasteiger charge is 2.21. The number of nitro benzene ring substituents is 1. The lowest BCUT2D eigenvalue weighted by atomic mass is 10.1. The summed E-state index contributed by atoms with van der Waals surface area (Å²) in [6, 6.07) is 15.8. The Hall–Kier alpha value is -3.41. The fourth-order valence-corrected chi connectivity index (χ4v) is 2.49. The van der Waals surface area contributed by atoms with Crippen LogP contribution in [0.2, 0.25) is 0 Å². The molecule has 6 nitrogen and oxygen atoms in total. The topological polar surface area (TPSA) is 77.0 Å². The van der Waals surface area contributed by atoms with Crippen molar-refractivity contribution in [1.29, 1.82) is 0 Å². The van der Waals surface area contributed by atoms with Gasteiger partial charge in [0.1, 0.15) is 0 Å². The van der Waals surface area contributed by atoms with Gasteiger partial charge in [0.05, 0.1) is 16.7 Å². The summed E-state index contributed by atoms with van der Waals surface area (Å²) in [5, 5.41) is 11.0. The molecular formula is C19H16N3O3+. The van der Waals surface area contributed by atoms with Crippen LogP contribution in [0.4, 0.5) is 5.69 Å². The number of nitro groups is 1. The number of ketones is 1. The van der Waals surface area contributed by atoms with Crippen LogP contribution in [0.15, 0.2) is 67.1 Å². The Morgan fingerprint density at radius 1 is 1.12 bits per heavy atom. The zero-order valence-corrected chi connectivity index (χ0v) is 13.6. The van der Waals surface area contributed by atoms with E-state index < -0.39 is 4.92 Å². The maximum absolute atomic E-state index is 12.4. The zero-order valence-electron chi connectivity index (χ0n) is 13.6. The van der Waals surface area contributed by atoms with E-state index in [9.17, 15) is 14.9 Å². The number of aromatic nitrogens is 2. The molecule has 0 unspecified atom stereocenters. The van der Waals surface area contributed by atoms with E-state index in [0.29, 0.717) is 0 Å². The van der Waals surface area contributed by atoms with Gasteiger partial charge in [-0.2, -0.15) is 0 Å². The third kappa shape index (κ3) is 3.74. The van der Waals surface area contributed by atoms with Crippen LogP contribution in [0.3, 0.4) is 0 Å². The smallest absolute Gasteiger partial charge is 0.287 e. The molecule has 0 saturated carbocycles. The summed E-state index contributed by atoms with van der Waals surface area (Å²) in [5.41, 5.74) is 2.88. The second kappa shape index (κ2) is 7.00. The zero-order chi connectivity index (χ0) is 17.8. The van der Waals surface area contributed by atoms with Crippen LogP contribution in [0.5, 0.6) is 0 Å². The molecule has 1 heterocycles. The van der Waals surface area contributed by atoms with Gasteiger partial charge in [0.25, 0.3) is 12.0 Å². The maximum atomic E-state index is 12.4. The summed E-state index contributed by atoms with van der Waals surface area (Å²) in [6.45, 7) is 2.01. The first-order valence-corrected chi connectivity index (χ1v) is 7.73. The second-order valence-electron chi connectivity index (χ2n) is 5.68. The van der Waals surface area contributed by atoms with E-state index in [4.69, 9.17) is 0 Å². The average Bonchev–Trinajstić information content (AvgIpc) is 2.63. The summed E-state index contributed by atoms with van der Waals surface area (Å²) in [7, 11) is 0. The molecule has 25 heavy (non-hydrogen) atoms. The van der Waals surface area contributed by atoms with E-state index in [1.807, 2.05) is 37.3 Å². The fraction of sp³-hybridized carbons (Fsp3) is 0.105. The number of aryl methyl sites for hydroxylation is 1. The average molecular weight is 334 g/mol. The van der Waals surface area contributed by atoms with Crippen LogP contribution in [0.25, 0.3) is 11.3 Å². The molecule has 0 N–H and O–H groups in total. The SMILES string of the molecule is Cc1ccc(-c2cc[n+](CC(=O)c3ccccc3[N+](=O)[O-])cn2)cc1. The number of hydrogen-bond acceptors (Lipinski definition) is 4.